The summed E-state index contributed by atoms with van der Waals surface area (Å²) in [4.78, 5) is 6.73. The molecule has 3 heterocycles. The summed E-state index contributed by atoms with van der Waals surface area (Å²) in [6.07, 6.45) is 12.3. The molecule has 0 spiro atoms. The molecule has 2 aromatic heterocycles. The maximum atomic E-state index is 4.53. The predicted octanol–water partition coefficient (Wildman–Crippen LogP) is 14.1. The van der Waals surface area contributed by atoms with Gasteiger partial charge in [-0.1, -0.05) is 140 Å². The van der Waals surface area contributed by atoms with E-state index >= 15 is 0 Å². The van der Waals surface area contributed by atoms with E-state index in [0.29, 0.717) is 6.54 Å². The van der Waals surface area contributed by atoms with Gasteiger partial charge in [0.2, 0.25) is 0 Å². The van der Waals surface area contributed by atoms with Crippen molar-refractivity contribution in [2.24, 2.45) is 0 Å². The third-order valence-corrected chi connectivity index (χ3v) is 11.0. The van der Waals surface area contributed by atoms with E-state index in [0.717, 1.165) is 50.5 Å². The number of benzene rings is 7. The molecule has 3 heteroatoms. The van der Waals surface area contributed by atoms with E-state index in [1.165, 1.54) is 44.1 Å². The van der Waals surface area contributed by atoms with Crippen LogP contribution in [0.25, 0.3) is 77.6 Å². The molecule has 0 saturated carbocycles. The Hall–Kier alpha value is -7.49. The molecule has 0 aliphatic carbocycles. The fraction of sp³-hybridized carbons (Fsp3) is 0.0185. The summed E-state index contributed by atoms with van der Waals surface area (Å²) in [6.45, 7) is 5.23. The van der Waals surface area contributed by atoms with E-state index in [9.17, 15) is 0 Å². The zero-order valence-electron chi connectivity index (χ0n) is 31.5. The number of allylic oxidation sites excluding steroid dienone is 4. The van der Waals surface area contributed by atoms with E-state index in [1.54, 1.807) is 0 Å². The summed E-state index contributed by atoms with van der Waals surface area (Å²) in [5, 5.41) is 2.45. The second kappa shape index (κ2) is 14.6. The van der Waals surface area contributed by atoms with Gasteiger partial charge in [0.1, 0.15) is 0 Å². The van der Waals surface area contributed by atoms with Crippen molar-refractivity contribution in [2.45, 2.75) is 0 Å². The molecule has 0 fully saturated rings. The lowest BCUT2D eigenvalue weighted by Gasteiger charge is -2.28. The monoisotopic (exact) mass is 729 g/mol. The Bertz CT molecular complexity index is 2930. The van der Waals surface area contributed by atoms with Crippen molar-refractivity contribution in [1.82, 2.24) is 9.55 Å². The highest BCUT2D eigenvalue weighted by Gasteiger charge is 2.20. The molecule has 9 aromatic rings. The lowest BCUT2D eigenvalue weighted by molar-refractivity contribution is 1.09. The van der Waals surface area contributed by atoms with Crippen molar-refractivity contribution in [1.29, 1.82) is 0 Å². The van der Waals surface area contributed by atoms with Crippen LogP contribution >= 0.6 is 0 Å². The van der Waals surface area contributed by atoms with Crippen molar-refractivity contribution in [2.75, 3.05) is 11.4 Å². The fourth-order valence-corrected chi connectivity index (χ4v) is 8.22. The molecule has 0 atom stereocenters. The van der Waals surface area contributed by atoms with Gasteiger partial charge in [-0.2, -0.15) is 0 Å². The van der Waals surface area contributed by atoms with E-state index < -0.39 is 0 Å². The van der Waals surface area contributed by atoms with Crippen molar-refractivity contribution in [3.8, 4) is 50.2 Å². The molecule has 0 bridgehead atoms. The number of anilines is 2. The summed E-state index contributed by atoms with van der Waals surface area (Å²) in [5.41, 5.74) is 17.1. The van der Waals surface area contributed by atoms with Crippen molar-refractivity contribution in [3.63, 3.8) is 0 Å². The Morgan fingerprint density at radius 1 is 0.439 bits per heavy atom. The van der Waals surface area contributed by atoms with Crippen molar-refractivity contribution in [3.05, 3.63) is 225 Å². The van der Waals surface area contributed by atoms with Crippen LogP contribution in [-0.2, 0) is 0 Å². The van der Waals surface area contributed by atoms with Crippen LogP contribution in [-0.4, -0.2) is 16.1 Å². The van der Waals surface area contributed by atoms with Gasteiger partial charge < -0.3 is 9.47 Å². The maximum absolute atomic E-state index is 4.53. The first-order chi connectivity index (χ1) is 28.2. The molecule has 1 aliphatic rings. The Kier molecular flexibility index (Phi) is 8.74. The molecular formula is C54H39N3. The summed E-state index contributed by atoms with van der Waals surface area (Å²) >= 11 is 0. The summed E-state index contributed by atoms with van der Waals surface area (Å²) in [5.74, 6) is 0. The number of fused-ring (bicyclic) bond motifs is 4. The average molecular weight is 730 g/mol. The molecule has 1 aliphatic heterocycles. The molecule has 3 nitrogen and oxygen atoms in total. The lowest BCUT2D eigenvalue weighted by atomic mass is 9.95. The number of pyridine rings is 1. The molecule has 0 N–H and O–H groups in total. The third-order valence-electron chi connectivity index (χ3n) is 11.0. The van der Waals surface area contributed by atoms with Gasteiger partial charge in [0.15, 0.2) is 0 Å². The number of nitrogens with zero attached hydrogens (tertiary/aromatic N) is 3. The van der Waals surface area contributed by atoms with Crippen LogP contribution in [0.4, 0.5) is 11.4 Å². The smallest absolute Gasteiger partial charge is 0.0541 e. The number of hydrogen-bond donors (Lipinski definition) is 0. The minimum Gasteiger partial charge on any atom is -0.337 e. The molecule has 0 radical (unpaired) electrons. The van der Waals surface area contributed by atoms with E-state index in [1.807, 2.05) is 12.4 Å². The largest absolute Gasteiger partial charge is 0.337 e. The van der Waals surface area contributed by atoms with E-state index in [2.05, 4.69) is 221 Å². The van der Waals surface area contributed by atoms with Gasteiger partial charge in [0.25, 0.3) is 0 Å². The normalized spacial score (nSPS) is 13.8. The molecule has 57 heavy (non-hydrogen) atoms. The Morgan fingerprint density at radius 2 is 1.05 bits per heavy atom. The Morgan fingerprint density at radius 3 is 1.84 bits per heavy atom. The maximum Gasteiger partial charge on any atom is 0.0541 e. The highest BCUT2D eigenvalue weighted by atomic mass is 15.1. The molecule has 0 saturated heterocycles. The minimum atomic E-state index is 0.691. The standard InChI is InChI=1S/C54H39N3/c1-38-14-5-4-12-31-56(48-34-45(40-17-8-3-9-18-40)32-46(35-48)41-27-29-55-30-28-41)54-37-44(23-25-49(38)54)43-24-26-53-51(36-43)50-21-10-11-22-52(50)57(53)47-20-13-19-42(33-47)39-15-6-2-7-16-39/h2-30,32-37H,1,31H2/b12-4-,14-5-. The molecule has 0 unspecified atom stereocenters. The lowest BCUT2D eigenvalue weighted by Crippen LogP contribution is -2.18. The van der Waals surface area contributed by atoms with Gasteiger partial charge >= 0.3 is 0 Å². The van der Waals surface area contributed by atoms with Crippen LogP contribution in [0.5, 0.6) is 0 Å². The quantitative estimate of drug-likeness (QED) is 0.170. The zero-order chi connectivity index (χ0) is 38.1. The highest BCUT2D eigenvalue weighted by Crippen LogP contribution is 2.42. The first kappa shape index (κ1) is 34.0. The number of aromatic nitrogens is 2. The zero-order valence-corrected chi connectivity index (χ0v) is 31.5. The second-order valence-electron chi connectivity index (χ2n) is 14.5. The van der Waals surface area contributed by atoms with Crippen molar-refractivity contribution < 1.29 is 0 Å². The molecule has 270 valence electrons. The van der Waals surface area contributed by atoms with Crippen LogP contribution in [0.3, 0.4) is 0 Å². The van der Waals surface area contributed by atoms with Crippen LogP contribution in [0.2, 0.25) is 0 Å². The summed E-state index contributed by atoms with van der Waals surface area (Å²) in [6, 6.07) is 63.6. The van der Waals surface area contributed by atoms with E-state index in [-0.39, 0.29) is 0 Å². The number of para-hydroxylation sites is 1. The number of rotatable bonds is 6. The highest BCUT2D eigenvalue weighted by molar-refractivity contribution is 6.10. The topological polar surface area (TPSA) is 21.1 Å². The van der Waals surface area contributed by atoms with Gasteiger partial charge in [0.05, 0.1) is 11.0 Å². The minimum absolute atomic E-state index is 0.691. The first-order valence-electron chi connectivity index (χ1n) is 19.4. The average Bonchev–Trinajstić information content (AvgIpc) is 3.65. The van der Waals surface area contributed by atoms with Gasteiger partial charge in [-0.3, -0.25) is 4.98 Å². The number of hydrogen-bond acceptors (Lipinski definition) is 2. The summed E-state index contributed by atoms with van der Waals surface area (Å²) < 4.78 is 2.40. The summed E-state index contributed by atoms with van der Waals surface area (Å²) in [7, 11) is 0. The first-order valence-corrected chi connectivity index (χ1v) is 19.4. The van der Waals surface area contributed by atoms with Crippen LogP contribution in [0.1, 0.15) is 5.56 Å². The van der Waals surface area contributed by atoms with Gasteiger partial charge in [-0.05, 0) is 117 Å². The van der Waals surface area contributed by atoms with Gasteiger partial charge in [-0.15, -0.1) is 0 Å². The van der Waals surface area contributed by atoms with Gasteiger partial charge in [-0.25, -0.2) is 0 Å². The molecule has 7 aromatic carbocycles. The van der Waals surface area contributed by atoms with Crippen LogP contribution < -0.4 is 4.90 Å². The second-order valence-corrected chi connectivity index (χ2v) is 14.5. The molecule has 0 amide bonds. The van der Waals surface area contributed by atoms with Crippen molar-refractivity contribution >= 4 is 38.8 Å². The molecular weight excluding hydrogens is 691 g/mol. The third kappa shape index (κ3) is 6.45. The Labute approximate surface area is 333 Å². The van der Waals surface area contributed by atoms with Gasteiger partial charge in [0, 0.05) is 52.3 Å². The fourth-order valence-electron chi connectivity index (χ4n) is 8.22. The van der Waals surface area contributed by atoms with Crippen LogP contribution in [0.15, 0.2) is 219 Å². The molecule has 10 rings (SSSR count). The van der Waals surface area contributed by atoms with Crippen LogP contribution in [0, 0.1) is 0 Å². The Balaban J connectivity index is 1.13. The predicted molar refractivity (Wildman–Crippen MR) is 241 cm³/mol. The van der Waals surface area contributed by atoms with E-state index in [4.69, 9.17) is 0 Å². The SMILES string of the molecule is C=C1/C=C\C=C/CN(c2cc(-c3ccccc3)cc(-c3ccncc3)c2)c2cc(-c3ccc4c(c3)c3ccccc3n4-c3cccc(-c4ccccc4)c3)ccc21.